The number of morpholine rings is 1. The average molecular weight is 260 g/mol. The molecule has 6 heteroatoms. The van der Waals surface area contributed by atoms with E-state index in [1.54, 1.807) is 0 Å². The molecule has 0 spiro atoms. The van der Waals surface area contributed by atoms with Gasteiger partial charge < -0.3 is 20.5 Å². The fourth-order valence-electron chi connectivity index (χ4n) is 2.04. The van der Waals surface area contributed by atoms with Gasteiger partial charge >= 0.3 is 6.01 Å². The molecule has 19 heavy (non-hydrogen) atoms. The Labute approximate surface area is 110 Å². The van der Waals surface area contributed by atoms with Crippen molar-refractivity contribution in [1.29, 1.82) is 0 Å². The Bertz CT molecular complexity index is 570. The van der Waals surface area contributed by atoms with Crippen molar-refractivity contribution in [2.24, 2.45) is 0 Å². The van der Waals surface area contributed by atoms with Crippen molar-refractivity contribution in [3.8, 4) is 6.01 Å². The molecule has 3 rings (SSSR count). The summed E-state index contributed by atoms with van der Waals surface area (Å²) in [4.78, 5) is 8.49. The molecule has 0 amide bonds. The number of nitrogen functional groups attached to an aromatic ring is 1. The Morgan fingerprint density at radius 3 is 3.11 bits per heavy atom. The summed E-state index contributed by atoms with van der Waals surface area (Å²) in [7, 11) is 0. The number of benzene rings is 1. The lowest BCUT2D eigenvalue weighted by molar-refractivity contribution is -0.00167. The van der Waals surface area contributed by atoms with Gasteiger partial charge in [-0.15, -0.1) is 0 Å². The number of nitrogens with one attached hydrogen (secondary N) is 1. The highest BCUT2D eigenvalue weighted by molar-refractivity contribution is 5.88. The largest absolute Gasteiger partial charge is 0.461 e. The second-order valence-corrected chi connectivity index (χ2v) is 4.42. The molecule has 1 aromatic carbocycles. The smallest absolute Gasteiger partial charge is 0.319 e. The molecule has 3 N–H and O–H groups in total. The number of hydrogen-bond acceptors (Lipinski definition) is 6. The number of para-hydroxylation sites is 1. The molecule has 0 bridgehead atoms. The minimum absolute atomic E-state index is 0.0324. The van der Waals surface area contributed by atoms with Gasteiger partial charge in [0, 0.05) is 18.5 Å². The Balaban J connectivity index is 1.73. The molecule has 1 aliphatic heterocycles. The van der Waals surface area contributed by atoms with Crippen LogP contribution in [-0.4, -0.2) is 42.4 Å². The maximum Gasteiger partial charge on any atom is 0.319 e. The molecule has 1 aliphatic rings. The molecule has 2 heterocycles. The van der Waals surface area contributed by atoms with Crippen LogP contribution in [0, 0.1) is 0 Å². The third kappa shape index (κ3) is 2.74. The standard InChI is InChI=1S/C13H16N4O2/c14-12-10-3-1-2-4-11(10)16-13(17-12)19-8-9-7-15-5-6-18-9/h1-4,9,15H,5-8H2,(H2,14,16,17)/t9-/m1/s1. The van der Waals surface area contributed by atoms with E-state index in [1.165, 1.54) is 0 Å². The van der Waals surface area contributed by atoms with Crippen LogP contribution in [0.3, 0.4) is 0 Å². The van der Waals surface area contributed by atoms with Gasteiger partial charge in [0.05, 0.1) is 12.1 Å². The summed E-state index contributed by atoms with van der Waals surface area (Å²) in [5.74, 6) is 0.434. The molecule has 0 saturated carbocycles. The number of fused-ring (bicyclic) bond motifs is 1. The summed E-state index contributed by atoms with van der Waals surface area (Å²) >= 11 is 0. The molecule has 6 nitrogen and oxygen atoms in total. The minimum Gasteiger partial charge on any atom is -0.461 e. The number of rotatable bonds is 3. The van der Waals surface area contributed by atoms with Crippen LogP contribution < -0.4 is 15.8 Å². The zero-order valence-corrected chi connectivity index (χ0v) is 10.5. The summed E-state index contributed by atoms with van der Waals surface area (Å²) < 4.78 is 11.1. The second-order valence-electron chi connectivity index (χ2n) is 4.42. The summed E-state index contributed by atoms with van der Waals surface area (Å²) in [5, 5.41) is 4.08. The van der Waals surface area contributed by atoms with Gasteiger partial charge in [0.1, 0.15) is 18.5 Å². The number of aromatic nitrogens is 2. The number of nitrogens with two attached hydrogens (primary N) is 1. The van der Waals surface area contributed by atoms with Crippen LogP contribution in [0.25, 0.3) is 10.9 Å². The van der Waals surface area contributed by atoms with E-state index in [1.807, 2.05) is 24.3 Å². The first-order valence-electron chi connectivity index (χ1n) is 6.30. The topological polar surface area (TPSA) is 82.3 Å². The van der Waals surface area contributed by atoms with Crippen molar-refractivity contribution >= 4 is 16.7 Å². The van der Waals surface area contributed by atoms with Crippen molar-refractivity contribution < 1.29 is 9.47 Å². The highest BCUT2D eigenvalue weighted by atomic mass is 16.5. The van der Waals surface area contributed by atoms with Gasteiger partial charge in [-0.25, -0.2) is 0 Å². The Kier molecular flexibility index (Phi) is 3.43. The van der Waals surface area contributed by atoms with Gasteiger partial charge in [0.25, 0.3) is 0 Å². The lowest BCUT2D eigenvalue weighted by Gasteiger charge is -2.23. The fourth-order valence-corrected chi connectivity index (χ4v) is 2.04. The van der Waals surface area contributed by atoms with E-state index in [9.17, 15) is 0 Å². The van der Waals surface area contributed by atoms with Gasteiger partial charge in [-0.3, -0.25) is 0 Å². The molecule has 1 aromatic heterocycles. The Morgan fingerprint density at radius 1 is 1.37 bits per heavy atom. The van der Waals surface area contributed by atoms with E-state index in [2.05, 4.69) is 15.3 Å². The third-order valence-electron chi connectivity index (χ3n) is 3.01. The Morgan fingerprint density at radius 2 is 2.26 bits per heavy atom. The number of anilines is 1. The van der Waals surface area contributed by atoms with E-state index >= 15 is 0 Å². The molecule has 2 aromatic rings. The molecule has 1 saturated heterocycles. The molecule has 1 atom stereocenters. The summed E-state index contributed by atoms with van der Waals surface area (Å²) in [6, 6.07) is 7.89. The van der Waals surface area contributed by atoms with E-state index in [0.717, 1.165) is 24.0 Å². The van der Waals surface area contributed by atoms with Crippen LogP contribution in [0.4, 0.5) is 5.82 Å². The van der Waals surface area contributed by atoms with E-state index in [4.69, 9.17) is 15.2 Å². The lowest BCUT2D eigenvalue weighted by atomic mass is 10.2. The number of ether oxygens (including phenoxy) is 2. The van der Waals surface area contributed by atoms with Crippen molar-refractivity contribution in [3.05, 3.63) is 24.3 Å². The first-order valence-corrected chi connectivity index (χ1v) is 6.30. The van der Waals surface area contributed by atoms with Crippen molar-refractivity contribution in [1.82, 2.24) is 15.3 Å². The van der Waals surface area contributed by atoms with Gasteiger partial charge in [-0.2, -0.15) is 9.97 Å². The van der Waals surface area contributed by atoms with Crippen LogP contribution in [0.15, 0.2) is 24.3 Å². The van der Waals surface area contributed by atoms with Crippen molar-refractivity contribution in [3.63, 3.8) is 0 Å². The van der Waals surface area contributed by atoms with Crippen LogP contribution in [-0.2, 0) is 4.74 Å². The zero-order valence-electron chi connectivity index (χ0n) is 10.5. The van der Waals surface area contributed by atoms with Gasteiger partial charge in [-0.1, -0.05) is 12.1 Å². The SMILES string of the molecule is Nc1nc(OC[C@H]2CNCCO2)nc2ccccc12. The van der Waals surface area contributed by atoms with Crippen LogP contribution in [0.2, 0.25) is 0 Å². The van der Waals surface area contributed by atoms with Crippen molar-refractivity contribution in [2.45, 2.75) is 6.10 Å². The van der Waals surface area contributed by atoms with Crippen molar-refractivity contribution in [2.75, 3.05) is 32.0 Å². The van der Waals surface area contributed by atoms with Crippen LogP contribution in [0.5, 0.6) is 6.01 Å². The quantitative estimate of drug-likeness (QED) is 0.840. The van der Waals surface area contributed by atoms with E-state index < -0.39 is 0 Å². The molecular formula is C13H16N4O2. The molecule has 1 fully saturated rings. The second kappa shape index (κ2) is 5.38. The van der Waals surface area contributed by atoms with Gasteiger partial charge in [0.15, 0.2) is 0 Å². The first-order chi connectivity index (χ1) is 9.33. The van der Waals surface area contributed by atoms with Crippen LogP contribution >= 0.6 is 0 Å². The summed E-state index contributed by atoms with van der Waals surface area (Å²) in [6.07, 6.45) is 0.0324. The molecule has 0 aliphatic carbocycles. The minimum atomic E-state index is 0.0324. The highest BCUT2D eigenvalue weighted by Gasteiger charge is 2.15. The molecular weight excluding hydrogens is 244 g/mol. The highest BCUT2D eigenvalue weighted by Crippen LogP contribution is 2.20. The van der Waals surface area contributed by atoms with Crippen LogP contribution in [0.1, 0.15) is 0 Å². The maximum absolute atomic E-state index is 5.89. The normalized spacial score (nSPS) is 19.5. The maximum atomic E-state index is 5.89. The number of hydrogen-bond donors (Lipinski definition) is 2. The molecule has 100 valence electrons. The Hall–Kier alpha value is -1.92. The van der Waals surface area contributed by atoms with E-state index in [0.29, 0.717) is 25.0 Å². The predicted octanol–water partition coefficient (Wildman–Crippen LogP) is 0.579. The number of nitrogens with zero attached hydrogens (tertiary/aromatic N) is 2. The summed E-state index contributed by atoms with van der Waals surface area (Å²) in [6.45, 7) is 2.79. The van der Waals surface area contributed by atoms with E-state index in [-0.39, 0.29) is 6.10 Å². The monoisotopic (exact) mass is 260 g/mol. The zero-order chi connectivity index (χ0) is 13.1. The first kappa shape index (κ1) is 12.1. The average Bonchev–Trinajstić information content (AvgIpc) is 2.46. The predicted molar refractivity (Wildman–Crippen MR) is 72.1 cm³/mol. The third-order valence-corrected chi connectivity index (χ3v) is 3.01. The lowest BCUT2D eigenvalue weighted by Crippen LogP contribution is -2.41. The summed E-state index contributed by atoms with van der Waals surface area (Å²) in [5.41, 5.74) is 6.68. The fraction of sp³-hybridized carbons (Fsp3) is 0.385. The van der Waals surface area contributed by atoms with Gasteiger partial charge in [-0.05, 0) is 12.1 Å². The molecule has 0 radical (unpaired) electrons. The molecule has 0 unspecified atom stereocenters. The van der Waals surface area contributed by atoms with Gasteiger partial charge in [0.2, 0.25) is 0 Å².